The fraction of sp³-hybridized carbons (Fsp3) is 0.0286. The monoisotopic (exact) mass is 487 g/mol. The Labute approximate surface area is 217 Å². The predicted octanol–water partition coefficient (Wildman–Crippen LogP) is 5.84. The van der Waals surface area contributed by atoms with Crippen molar-refractivity contribution in [3.05, 3.63) is 133 Å². The number of hydrogen-bond acceptors (Lipinski definition) is 0. The highest BCUT2D eigenvalue weighted by Gasteiger charge is 2.50. The largest absolute Gasteiger partial charge is 0.344 e. The molecule has 0 saturated heterocycles. The molecule has 174 valence electrons. The van der Waals surface area contributed by atoms with Gasteiger partial charge in [-0.3, -0.25) is 0 Å². The molecular formula is C35H25NSi. The van der Waals surface area contributed by atoms with Gasteiger partial charge in [0.1, 0.15) is 0 Å². The lowest BCUT2D eigenvalue weighted by molar-refractivity contribution is 1.02. The summed E-state index contributed by atoms with van der Waals surface area (Å²) in [5, 5.41) is 11.2. The zero-order valence-corrected chi connectivity index (χ0v) is 21.6. The minimum Gasteiger partial charge on any atom is -0.344 e. The van der Waals surface area contributed by atoms with E-state index in [0.29, 0.717) is 0 Å². The molecule has 0 spiro atoms. The van der Waals surface area contributed by atoms with Crippen LogP contribution in [0.5, 0.6) is 0 Å². The molecule has 8 rings (SSSR count). The third kappa shape index (κ3) is 2.63. The average molecular weight is 488 g/mol. The Balaban J connectivity index is 1.66. The maximum absolute atomic E-state index is 2.62. The number of rotatable bonds is 2. The van der Waals surface area contributed by atoms with Crippen LogP contribution in [0.25, 0.3) is 43.7 Å². The van der Waals surface area contributed by atoms with Crippen molar-refractivity contribution in [3.63, 3.8) is 0 Å². The van der Waals surface area contributed by atoms with Crippen molar-refractivity contribution in [2.45, 2.75) is 0 Å². The molecule has 0 N–H and O–H groups in total. The highest BCUT2D eigenvalue weighted by atomic mass is 28.3. The van der Waals surface area contributed by atoms with E-state index in [9.17, 15) is 0 Å². The molecule has 1 nitrogen and oxygen atoms in total. The van der Waals surface area contributed by atoms with Crippen LogP contribution in [0.1, 0.15) is 0 Å². The third-order valence-electron chi connectivity index (χ3n) is 8.44. The zero-order chi connectivity index (χ0) is 24.6. The van der Waals surface area contributed by atoms with E-state index in [0.717, 1.165) is 0 Å². The highest BCUT2D eigenvalue weighted by molar-refractivity contribution is 7.23. The third-order valence-corrected chi connectivity index (χ3v) is 13.3. The van der Waals surface area contributed by atoms with Crippen molar-refractivity contribution >= 4 is 61.4 Å². The van der Waals surface area contributed by atoms with E-state index in [1.54, 1.807) is 0 Å². The number of fused-ring (bicyclic) bond motifs is 8. The van der Waals surface area contributed by atoms with E-state index in [-0.39, 0.29) is 0 Å². The van der Waals surface area contributed by atoms with Crippen molar-refractivity contribution in [2.24, 2.45) is 7.05 Å². The Morgan fingerprint density at radius 2 is 1.11 bits per heavy atom. The molecule has 6 aromatic carbocycles. The molecule has 0 saturated carbocycles. The first-order chi connectivity index (χ1) is 18.3. The smallest absolute Gasteiger partial charge is 0.183 e. The Kier molecular flexibility index (Phi) is 4.23. The molecule has 0 radical (unpaired) electrons. The van der Waals surface area contributed by atoms with Gasteiger partial charge in [0, 0.05) is 28.9 Å². The van der Waals surface area contributed by atoms with Gasteiger partial charge >= 0.3 is 0 Å². The molecule has 1 aliphatic rings. The quantitative estimate of drug-likeness (QED) is 0.270. The summed E-state index contributed by atoms with van der Waals surface area (Å²) in [4.78, 5) is 0. The van der Waals surface area contributed by atoms with Crippen LogP contribution >= 0.6 is 0 Å². The second-order valence-corrected chi connectivity index (χ2v) is 13.9. The normalized spacial score (nSPS) is 13.8. The summed E-state index contributed by atoms with van der Waals surface area (Å²) in [6.07, 6.45) is 0. The van der Waals surface area contributed by atoms with Crippen molar-refractivity contribution in [1.29, 1.82) is 0 Å². The summed E-state index contributed by atoms with van der Waals surface area (Å²) in [5.74, 6) is 0. The first-order valence-electron chi connectivity index (χ1n) is 12.9. The summed E-state index contributed by atoms with van der Waals surface area (Å²) < 4.78 is 2.45. The van der Waals surface area contributed by atoms with Crippen LogP contribution in [0.4, 0.5) is 0 Å². The number of aromatic nitrogens is 1. The fourth-order valence-electron chi connectivity index (χ4n) is 6.93. The lowest BCUT2D eigenvalue weighted by atomic mass is 10.00. The number of nitrogens with zero attached hydrogens (tertiary/aromatic N) is 1. The molecule has 1 aromatic heterocycles. The second kappa shape index (κ2) is 7.55. The molecule has 0 aliphatic carbocycles. The number of aryl methyl sites for hydroxylation is 1. The second-order valence-electron chi connectivity index (χ2n) is 10.2. The molecule has 0 fully saturated rings. The molecule has 2 heterocycles. The lowest BCUT2D eigenvalue weighted by Gasteiger charge is -2.32. The number of para-hydroxylation sites is 1. The SMILES string of the molecule is Cn1c2ccccc2c2ccc3c(c21)[Si](c1ccccc1)(c1ccccc1)c1cc2ccccc2cc1-3. The first kappa shape index (κ1) is 20.8. The molecule has 1 aliphatic heterocycles. The van der Waals surface area contributed by atoms with Gasteiger partial charge < -0.3 is 4.57 Å². The lowest BCUT2D eigenvalue weighted by Crippen LogP contribution is -2.73. The van der Waals surface area contributed by atoms with Gasteiger partial charge in [-0.25, -0.2) is 0 Å². The van der Waals surface area contributed by atoms with Gasteiger partial charge in [0.05, 0.1) is 0 Å². The van der Waals surface area contributed by atoms with Crippen LogP contribution in [0, 0.1) is 0 Å². The Morgan fingerprint density at radius 1 is 0.514 bits per heavy atom. The molecule has 0 unspecified atom stereocenters. The van der Waals surface area contributed by atoms with Gasteiger partial charge in [0.2, 0.25) is 0 Å². The summed E-state index contributed by atoms with van der Waals surface area (Å²) >= 11 is 0. The van der Waals surface area contributed by atoms with Crippen LogP contribution in [-0.4, -0.2) is 12.6 Å². The predicted molar refractivity (Wildman–Crippen MR) is 161 cm³/mol. The molecular weight excluding hydrogens is 462 g/mol. The van der Waals surface area contributed by atoms with E-state index in [2.05, 4.69) is 145 Å². The molecule has 0 amide bonds. The maximum Gasteiger partial charge on any atom is 0.183 e. The van der Waals surface area contributed by atoms with E-state index < -0.39 is 8.07 Å². The molecule has 7 aromatic rings. The van der Waals surface area contributed by atoms with Gasteiger partial charge in [-0.2, -0.15) is 0 Å². The van der Waals surface area contributed by atoms with Crippen molar-refractivity contribution in [1.82, 2.24) is 4.57 Å². The fourth-order valence-corrected chi connectivity index (χ4v) is 12.4. The van der Waals surface area contributed by atoms with E-state index in [1.165, 1.54) is 64.5 Å². The van der Waals surface area contributed by atoms with E-state index in [4.69, 9.17) is 0 Å². The summed E-state index contributed by atoms with van der Waals surface area (Å²) in [6, 6.07) is 50.0. The van der Waals surface area contributed by atoms with Gasteiger partial charge in [0.15, 0.2) is 8.07 Å². The van der Waals surface area contributed by atoms with Crippen LogP contribution in [0.3, 0.4) is 0 Å². The first-order valence-corrected chi connectivity index (χ1v) is 14.9. The van der Waals surface area contributed by atoms with Gasteiger partial charge in [0.25, 0.3) is 0 Å². The van der Waals surface area contributed by atoms with Crippen LogP contribution in [0.2, 0.25) is 0 Å². The van der Waals surface area contributed by atoms with Gasteiger partial charge in [-0.1, -0.05) is 121 Å². The van der Waals surface area contributed by atoms with Crippen molar-refractivity contribution < 1.29 is 0 Å². The van der Waals surface area contributed by atoms with Crippen molar-refractivity contribution in [2.75, 3.05) is 0 Å². The van der Waals surface area contributed by atoms with E-state index in [1.807, 2.05) is 0 Å². The number of benzene rings is 6. The molecule has 0 bridgehead atoms. The minimum absolute atomic E-state index is 1.29. The average Bonchev–Trinajstić information content (AvgIpc) is 3.42. The Morgan fingerprint density at radius 3 is 1.81 bits per heavy atom. The molecule has 0 atom stereocenters. The van der Waals surface area contributed by atoms with Gasteiger partial charge in [-0.05, 0) is 54.8 Å². The van der Waals surface area contributed by atoms with Crippen LogP contribution in [-0.2, 0) is 7.05 Å². The van der Waals surface area contributed by atoms with Crippen molar-refractivity contribution in [3.8, 4) is 11.1 Å². The zero-order valence-electron chi connectivity index (χ0n) is 20.6. The maximum atomic E-state index is 2.51. The molecule has 2 heteroatoms. The minimum atomic E-state index is -2.62. The Bertz CT molecular complexity index is 1940. The van der Waals surface area contributed by atoms with Gasteiger partial charge in [-0.15, -0.1) is 0 Å². The standard InChI is InChI=1S/C35H25NSi/c1-36-32-19-11-10-18-28(32)29-20-21-30-31-22-24-12-8-9-13-25(24)23-33(31)37(35(30)34(29)36,26-14-4-2-5-15-26)27-16-6-3-7-17-27/h2-23H,1H3. The molecule has 37 heavy (non-hydrogen) atoms. The number of hydrogen-bond donors (Lipinski definition) is 0. The van der Waals surface area contributed by atoms with Crippen LogP contribution < -0.4 is 20.7 Å². The summed E-state index contributed by atoms with van der Waals surface area (Å²) in [7, 11) is -0.373. The highest BCUT2D eigenvalue weighted by Crippen LogP contribution is 2.37. The Hall–Kier alpha value is -4.40. The topological polar surface area (TPSA) is 4.93 Å². The van der Waals surface area contributed by atoms with Crippen LogP contribution in [0.15, 0.2) is 133 Å². The summed E-state index contributed by atoms with van der Waals surface area (Å²) in [5.41, 5.74) is 5.44. The summed E-state index contributed by atoms with van der Waals surface area (Å²) in [6.45, 7) is 0. The van der Waals surface area contributed by atoms with E-state index >= 15 is 0 Å².